The van der Waals surface area contributed by atoms with Gasteiger partial charge in [-0.2, -0.15) is 0 Å². The van der Waals surface area contributed by atoms with Crippen molar-refractivity contribution in [2.75, 3.05) is 13.4 Å². The number of aliphatic hydroxyl groups excluding tert-OH is 1. The predicted octanol–water partition coefficient (Wildman–Crippen LogP) is 1.47. The molecule has 5 heteroatoms. The van der Waals surface area contributed by atoms with Crippen molar-refractivity contribution in [1.82, 2.24) is 0 Å². The molecule has 96 valence electrons. The van der Waals surface area contributed by atoms with Gasteiger partial charge in [-0.3, -0.25) is 0 Å². The first kappa shape index (κ1) is 14.0. The van der Waals surface area contributed by atoms with Crippen LogP contribution in [-0.4, -0.2) is 32.1 Å². The number of rotatable bonds is 4. The minimum absolute atomic E-state index is 0.615. The lowest BCUT2D eigenvalue weighted by atomic mass is 10.0. The van der Waals surface area contributed by atoms with E-state index in [1.807, 2.05) is 6.92 Å². The molecular weight excluding hydrogens is 240 g/mol. The molecule has 0 bridgehead atoms. The standard InChI is InChI=1S/C12H18O4S/c1-8-7-10(16-3)5-6-11(8)12(13)9(2)17(4,14)15/h5-7,9,12-13H,1-4H3. The molecular formula is C12H18O4S. The molecule has 1 rings (SSSR count). The van der Waals surface area contributed by atoms with Crippen LogP contribution < -0.4 is 4.74 Å². The van der Waals surface area contributed by atoms with Crippen LogP contribution in [0.2, 0.25) is 0 Å². The highest BCUT2D eigenvalue weighted by molar-refractivity contribution is 7.91. The fourth-order valence-electron chi connectivity index (χ4n) is 1.59. The molecule has 0 aliphatic rings. The van der Waals surface area contributed by atoms with Gasteiger partial charge >= 0.3 is 0 Å². The highest BCUT2D eigenvalue weighted by atomic mass is 32.2. The van der Waals surface area contributed by atoms with E-state index in [0.717, 1.165) is 11.8 Å². The Hall–Kier alpha value is -1.07. The van der Waals surface area contributed by atoms with Crippen molar-refractivity contribution in [3.8, 4) is 5.75 Å². The van der Waals surface area contributed by atoms with Crippen LogP contribution in [0.3, 0.4) is 0 Å². The van der Waals surface area contributed by atoms with Crippen molar-refractivity contribution >= 4 is 9.84 Å². The molecule has 1 aromatic rings. The summed E-state index contributed by atoms with van der Waals surface area (Å²) in [5.41, 5.74) is 1.43. The molecule has 0 aliphatic carbocycles. The van der Waals surface area contributed by atoms with Crippen LogP contribution in [0.4, 0.5) is 0 Å². The number of methoxy groups -OCH3 is 1. The van der Waals surface area contributed by atoms with Gasteiger partial charge in [-0.15, -0.1) is 0 Å². The van der Waals surface area contributed by atoms with Crippen molar-refractivity contribution in [2.24, 2.45) is 0 Å². The Bertz CT molecular complexity index is 493. The number of hydrogen-bond donors (Lipinski definition) is 1. The van der Waals surface area contributed by atoms with Crippen LogP contribution in [0.15, 0.2) is 18.2 Å². The monoisotopic (exact) mass is 258 g/mol. The maximum atomic E-state index is 11.4. The molecule has 0 fully saturated rings. The van der Waals surface area contributed by atoms with E-state index in [0.29, 0.717) is 11.3 Å². The van der Waals surface area contributed by atoms with Crippen molar-refractivity contribution in [2.45, 2.75) is 25.2 Å². The topological polar surface area (TPSA) is 63.6 Å². The predicted molar refractivity (Wildman–Crippen MR) is 67.0 cm³/mol. The summed E-state index contributed by atoms with van der Waals surface area (Å²) in [4.78, 5) is 0. The van der Waals surface area contributed by atoms with Crippen LogP contribution in [0.1, 0.15) is 24.2 Å². The molecule has 0 amide bonds. The van der Waals surface area contributed by atoms with E-state index in [4.69, 9.17) is 4.74 Å². The van der Waals surface area contributed by atoms with Crippen LogP contribution in [-0.2, 0) is 9.84 Å². The van der Waals surface area contributed by atoms with E-state index in [9.17, 15) is 13.5 Å². The highest BCUT2D eigenvalue weighted by Gasteiger charge is 2.26. The maximum Gasteiger partial charge on any atom is 0.152 e. The second kappa shape index (κ2) is 5.06. The normalized spacial score (nSPS) is 15.4. The Morgan fingerprint density at radius 3 is 2.35 bits per heavy atom. The summed E-state index contributed by atoms with van der Waals surface area (Å²) in [5.74, 6) is 0.686. The number of hydrogen-bond acceptors (Lipinski definition) is 4. The van der Waals surface area contributed by atoms with Crippen molar-refractivity contribution < 1.29 is 18.3 Å². The SMILES string of the molecule is COc1ccc(C(O)C(C)S(C)(=O)=O)c(C)c1. The summed E-state index contributed by atoms with van der Waals surface area (Å²) >= 11 is 0. The first-order valence-electron chi connectivity index (χ1n) is 5.29. The van der Waals surface area contributed by atoms with Crippen LogP contribution in [0, 0.1) is 6.92 Å². The van der Waals surface area contributed by atoms with E-state index in [1.165, 1.54) is 6.92 Å². The van der Waals surface area contributed by atoms with Gasteiger partial charge in [-0.25, -0.2) is 8.42 Å². The van der Waals surface area contributed by atoms with Crippen molar-refractivity contribution in [1.29, 1.82) is 0 Å². The molecule has 2 unspecified atom stereocenters. The Morgan fingerprint density at radius 1 is 1.35 bits per heavy atom. The summed E-state index contributed by atoms with van der Waals surface area (Å²) in [7, 11) is -1.70. The van der Waals surface area contributed by atoms with E-state index in [1.54, 1.807) is 25.3 Å². The van der Waals surface area contributed by atoms with Gasteiger partial charge in [0, 0.05) is 6.26 Å². The van der Waals surface area contributed by atoms with Crippen LogP contribution >= 0.6 is 0 Å². The summed E-state index contributed by atoms with van der Waals surface area (Å²) in [6.45, 7) is 3.32. The Balaban J connectivity index is 3.09. The number of ether oxygens (including phenoxy) is 1. The molecule has 4 nitrogen and oxygen atoms in total. The third kappa shape index (κ3) is 3.20. The molecule has 1 aromatic carbocycles. The first-order chi connectivity index (χ1) is 7.77. The summed E-state index contributed by atoms with van der Waals surface area (Å²) < 4.78 is 27.8. The summed E-state index contributed by atoms with van der Waals surface area (Å²) in [5, 5.41) is 9.22. The number of aryl methyl sites for hydroxylation is 1. The number of aliphatic hydroxyl groups is 1. The van der Waals surface area contributed by atoms with Crippen molar-refractivity contribution in [3.05, 3.63) is 29.3 Å². The van der Waals surface area contributed by atoms with E-state index in [-0.39, 0.29) is 0 Å². The molecule has 0 saturated heterocycles. The maximum absolute atomic E-state index is 11.4. The second-order valence-electron chi connectivity index (χ2n) is 4.20. The van der Waals surface area contributed by atoms with Gasteiger partial charge in [-0.05, 0) is 37.1 Å². The third-order valence-electron chi connectivity index (χ3n) is 2.92. The first-order valence-corrected chi connectivity index (χ1v) is 7.24. The largest absolute Gasteiger partial charge is 0.497 e. The minimum Gasteiger partial charge on any atom is -0.497 e. The Kier molecular flexibility index (Phi) is 4.16. The number of benzene rings is 1. The molecule has 0 heterocycles. The van der Waals surface area contributed by atoms with Gasteiger partial charge in [0.05, 0.1) is 18.5 Å². The number of sulfone groups is 1. The zero-order chi connectivity index (χ0) is 13.2. The molecule has 17 heavy (non-hydrogen) atoms. The smallest absolute Gasteiger partial charge is 0.152 e. The van der Waals surface area contributed by atoms with Crippen LogP contribution in [0.5, 0.6) is 5.75 Å². The Labute approximate surface area is 102 Å². The highest BCUT2D eigenvalue weighted by Crippen LogP contribution is 2.27. The van der Waals surface area contributed by atoms with E-state index in [2.05, 4.69) is 0 Å². The van der Waals surface area contributed by atoms with E-state index >= 15 is 0 Å². The second-order valence-corrected chi connectivity index (χ2v) is 6.60. The Morgan fingerprint density at radius 2 is 1.94 bits per heavy atom. The zero-order valence-corrected chi connectivity index (χ0v) is 11.3. The van der Waals surface area contributed by atoms with Gasteiger partial charge in [0.2, 0.25) is 0 Å². The average molecular weight is 258 g/mol. The van der Waals surface area contributed by atoms with Gasteiger partial charge in [0.1, 0.15) is 5.75 Å². The molecule has 0 spiro atoms. The lowest BCUT2D eigenvalue weighted by molar-refractivity contribution is 0.175. The fraction of sp³-hybridized carbons (Fsp3) is 0.500. The lowest BCUT2D eigenvalue weighted by Gasteiger charge is -2.19. The lowest BCUT2D eigenvalue weighted by Crippen LogP contribution is -2.24. The van der Waals surface area contributed by atoms with Gasteiger partial charge < -0.3 is 9.84 Å². The van der Waals surface area contributed by atoms with E-state index < -0.39 is 21.2 Å². The van der Waals surface area contributed by atoms with Gasteiger partial charge in [0.15, 0.2) is 9.84 Å². The third-order valence-corrected chi connectivity index (χ3v) is 4.52. The van der Waals surface area contributed by atoms with Gasteiger partial charge in [-0.1, -0.05) is 6.07 Å². The quantitative estimate of drug-likeness (QED) is 0.888. The molecule has 0 aliphatic heterocycles. The minimum atomic E-state index is -3.26. The molecule has 0 radical (unpaired) electrons. The fourth-order valence-corrected chi connectivity index (χ4v) is 2.21. The summed E-state index contributed by atoms with van der Waals surface area (Å²) in [6, 6.07) is 5.18. The summed E-state index contributed by atoms with van der Waals surface area (Å²) in [6.07, 6.45) is 0.107. The molecule has 2 atom stereocenters. The molecule has 0 aromatic heterocycles. The average Bonchev–Trinajstić information content (AvgIpc) is 2.25. The van der Waals surface area contributed by atoms with Crippen molar-refractivity contribution in [3.63, 3.8) is 0 Å². The molecule has 0 saturated carbocycles. The van der Waals surface area contributed by atoms with Gasteiger partial charge in [0.25, 0.3) is 0 Å². The zero-order valence-electron chi connectivity index (χ0n) is 10.5. The molecule has 1 N–H and O–H groups in total. The van der Waals surface area contributed by atoms with Crippen LogP contribution in [0.25, 0.3) is 0 Å².